The molecular weight excluding hydrogens is 268 g/mol. The Balaban J connectivity index is 2.55. The molecule has 2 N–H and O–H groups in total. The standard InChI is InChI=1S/C12H18N2O4S/c1-18-11-5-2-4-10(12(11)14(16)17)13-6-9-19-8-3-7-15/h2,4-5,13,15H,3,6-9H2,1H3. The normalized spacial score (nSPS) is 10.2. The van der Waals surface area contributed by atoms with Crippen LogP contribution in [0.1, 0.15) is 6.42 Å². The molecule has 0 saturated carbocycles. The van der Waals surface area contributed by atoms with Gasteiger partial charge in [0.05, 0.1) is 12.0 Å². The van der Waals surface area contributed by atoms with Gasteiger partial charge in [-0.05, 0) is 24.3 Å². The Morgan fingerprint density at radius 3 is 2.89 bits per heavy atom. The molecule has 19 heavy (non-hydrogen) atoms. The van der Waals surface area contributed by atoms with E-state index in [1.165, 1.54) is 7.11 Å². The average Bonchev–Trinajstić information content (AvgIpc) is 2.42. The van der Waals surface area contributed by atoms with Crippen LogP contribution in [-0.4, -0.2) is 41.8 Å². The van der Waals surface area contributed by atoms with E-state index in [9.17, 15) is 10.1 Å². The fourth-order valence-corrected chi connectivity index (χ4v) is 2.33. The lowest BCUT2D eigenvalue weighted by Crippen LogP contribution is -2.07. The molecule has 0 aliphatic carbocycles. The molecule has 7 heteroatoms. The van der Waals surface area contributed by atoms with Crippen molar-refractivity contribution in [3.63, 3.8) is 0 Å². The molecule has 106 valence electrons. The van der Waals surface area contributed by atoms with E-state index in [-0.39, 0.29) is 18.0 Å². The zero-order chi connectivity index (χ0) is 14.1. The molecule has 0 heterocycles. The molecule has 0 spiro atoms. The van der Waals surface area contributed by atoms with Gasteiger partial charge in [0.2, 0.25) is 0 Å². The van der Waals surface area contributed by atoms with Gasteiger partial charge in [-0.15, -0.1) is 0 Å². The third kappa shape index (κ3) is 4.96. The Kier molecular flexibility index (Phi) is 7.06. The highest BCUT2D eigenvalue weighted by atomic mass is 32.2. The highest BCUT2D eigenvalue weighted by Crippen LogP contribution is 2.34. The number of aliphatic hydroxyl groups excluding tert-OH is 1. The first-order valence-electron chi connectivity index (χ1n) is 5.94. The number of para-hydroxylation sites is 1. The lowest BCUT2D eigenvalue weighted by molar-refractivity contribution is -0.384. The SMILES string of the molecule is COc1cccc(NCCSCCCO)c1[N+](=O)[O-]. The van der Waals surface area contributed by atoms with E-state index >= 15 is 0 Å². The highest BCUT2D eigenvalue weighted by molar-refractivity contribution is 7.99. The van der Waals surface area contributed by atoms with Gasteiger partial charge in [-0.2, -0.15) is 11.8 Å². The van der Waals surface area contributed by atoms with Crippen molar-refractivity contribution >= 4 is 23.1 Å². The molecule has 0 fully saturated rings. The number of nitro groups is 1. The number of thioether (sulfide) groups is 1. The minimum atomic E-state index is -0.444. The molecule has 0 saturated heterocycles. The molecule has 0 bridgehead atoms. The number of rotatable bonds is 9. The lowest BCUT2D eigenvalue weighted by atomic mass is 10.2. The maximum absolute atomic E-state index is 11.0. The van der Waals surface area contributed by atoms with E-state index in [2.05, 4.69) is 5.32 Å². The van der Waals surface area contributed by atoms with E-state index in [1.807, 2.05) is 0 Å². The Labute approximate surface area is 116 Å². The number of hydrogen-bond donors (Lipinski definition) is 2. The number of benzene rings is 1. The van der Waals surface area contributed by atoms with E-state index in [0.29, 0.717) is 12.2 Å². The van der Waals surface area contributed by atoms with E-state index in [1.54, 1.807) is 30.0 Å². The van der Waals surface area contributed by atoms with Crippen LogP contribution in [0.5, 0.6) is 5.75 Å². The fraction of sp³-hybridized carbons (Fsp3) is 0.500. The van der Waals surface area contributed by atoms with Gasteiger partial charge < -0.3 is 15.2 Å². The van der Waals surface area contributed by atoms with Gasteiger partial charge in [-0.1, -0.05) is 6.07 Å². The summed E-state index contributed by atoms with van der Waals surface area (Å²) in [4.78, 5) is 10.6. The average molecular weight is 286 g/mol. The number of hydrogen-bond acceptors (Lipinski definition) is 6. The van der Waals surface area contributed by atoms with Crippen LogP contribution in [0.15, 0.2) is 18.2 Å². The predicted molar refractivity (Wildman–Crippen MR) is 77.2 cm³/mol. The molecular formula is C12H18N2O4S. The summed E-state index contributed by atoms with van der Waals surface area (Å²) < 4.78 is 4.99. The van der Waals surface area contributed by atoms with Crippen LogP contribution in [0.4, 0.5) is 11.4 Å². The molecule has 0 amide bonds. The van der Waals surface area contributed by atoms with E-state index < -0.39 is 4.92 Å². The van der Waals surface area contributed by atoms with Gasteiger partial charge in [-0.3, -0.25) is 10.1 Å². The molecule has 0 aromatic heterocycles. The highest BCUT2D eigenvalue weighted by Gasteiger charge is 2.19. The molecule has 6 nitrogen and oxygen atoms in total. The minimum Gasteiger partial charge on any atom is -0.490 e. The van der Waals surface area contributed by atoms with Gasteiger partial charge in [-0.25, -0.2) is 0 Å². The number of methoxy groups -OCH3 is 1. The molecule has 0 unspecified atom stereocenters. The summed E-state index contributed by atoms with van der Waals surface area (Å²) in [5.74, 6) is 1.97. The number of nitrogens with zero attached hydrogens (tertiary/aromatic N) is 1. The number of aliphatic hydroxyl groups is 1. The Hall–Kier alpha value is -1.47. The number of anilines is 1. The number of ether oxygens (including phenoxy) is 1. The van der Waals surface area contributed by atoms with Gasteiger partial charge in [0, 0.05) is 18.9 Å². The van der Waals surface area contributed by atoms with Crippen molar-refractivity contribution in [2.45, 2.75) is 6.42 Å². The first-order valence-corrected chi connectivity index (χ1v) is 7.10. The summed E-state index contributed by atoms with van der Waals surface area (Å²) in [7, 11) is 1.41. The van der Waals surface area contributed by atoms with Crippen molar-refractivity contribution in [1.82, 2.24) is 0 Å². The summed E-state index contributed by atoms with van der Waals surface area (Å²) in [5, 5.41) is 22.7. The molecule has 0 radical (unpaired) electrons. The second-order valence-corrected chi connectivity index (χ2v) is 4.95. The van der Waals surface area contributed by atoms with Crippen LogP contribution in [-0.2, 0) is 0 Å². The summed E-state index contributed by atoms with van der Waals surface area (Å²) in [6.45, 7) is 0.825. The van der Waals surface area contributed by atoms with Crippen LogP contribution < -0.4 is 10.1 Å². The Morgan fingerprint density at radius 1 is 1.47 bits per heavy atom. The van der Waals surface area contributed by atoms with Gasteiger partial charge in [0.1, 0.15) is 5.69 Å². The second-order valence-electron chi connectivity index (χ2n) is 3.73. The summed E-state index contributed by atoms with van der Waals surface area (Å²) in [5.41, 5.74) is 0.428. The maximum Gasteiger partial charge on any atom is 0.333 e. The largest absolute Gasteiger partial charge is 0.490 e. The van der Waals surface area contributed by atoms with Gasteiger partial charge in [0.15, 0.2) is 5.75 Å². The fourth-order valence-electron chi connectivity index (χ4n) is 1.54. The molecule has 1 aromatic carbocycles. The summed E-state index contributed by atoms with van der Waals surface area (Å²) in [6.07, 6.45) is 0.768. The monoisotopic (exact) mass is 286 g/mol. The first kappa shape index (κ1) is 15.6. The van der Waals surface area contributed by atoms with Crippen molar-refractivity contribution in [3.05, 3.63) is 28.3 Å². The number of nitrogens with one attached hydrogen (secondary N) is 1. The second kappa shape index (κ2) is 8.60. The lowest BCUT2D eigenvalue weighted by Gasteiger charge is -2.09. The van der Waals surface area contributed by atoms with Crippen LogP contribution in [0, 0.1) is 10.1 Å². The van der Waals surface area contributed by atoms with E-state index in [0.717, 1.165) is 17.9 Å². The molecule has 1 aromatic rings. The maximum atomic E-state index is 11.0. The van der Waals surface area contributed by atoms with Crippen molar-refractivity contribution in [1.29, 1.82) is 0 Å². The number of nitro benzene ring substituents is 1. The van der Waals surface area contributed by atoms with Crippen molar-refractivity contribution < 1.29 is 14.8 Å². The zero-order valence-corrected chi connectivity index (χ0v) is 11.6. The third-order valence-electron chi connectivity index (χ3n) is 2.41. The zero-order valence-electron chi connectivity index (χ0n) is 10.8. The smallest absolute Gasteiger partial charge is 0.333 e. The molecule has 0 aliphatic heterocycles. The van der Waals surface area contributed by atoms with Crippen LogP contribution in [0.2, 0.25) is 0 Å². The topological polar surface area (TPSA) is 84.6 Å². The summed E-state index contributed by atoms with van der Waals surface area (Å²) in [6, 6.07) is 4.95. The van der Waals surface area contributed by atoms with Crippen molar-refractivity contribution in [2.24, 2.45) is 0 Å². The van der Waals surface area contributed by atoms with Gasteiger partial charge >= 0.3 is 5.69 Å². The van der Waals surface area contributed by atoms with Crippen LogP contribution in [0.3, 0.4) is 0 Å². The van der Waals surface area contributed by atoms with Crippen LogP contribution >= 0.6 is 11.8 Å². The van der Waals surface area contributed by atoms with Crippen molar-refractivity contribution in [2.75, 3.05) is 37.1 Å². The Bertz CT molecular complexity index is 415. The molecule has 0 aliphatic rings. The Morgan fingerprint density at radius 2 is 2.26 bits per heavy atom. The minimum absolute atomic E-state index is 0.0367. The van der Waals surface area contributed by atoms with Crippen LogP contribution in [0.25, 0.3) is 0 Å². The van der Waals surface area contributed by atoms with Gasteiger partial charge in [0.25, 0.3) is 0 Å². The summed E-state index contributed by atoms with van der Waals surface area (Å²) >= 11 is 1.70. The quantitative estimate of drug-likeness (QED) is 0.411. The van der Waals surface area contributed by atoms with Crippen molar-refractivity contribution in [3.8, 4) is 5.75 Å². The predicted octanol–water partition coefficient (Wildman–Crippen LogP) is 2.13. The first-order chi connectivity index (χ1) is 9.20. The third-order valence-corrected chi connectivity index (χ3v) is 3.48. The molecule has 1 rings (SSSR count). The molecule has 0 atom stereocenters. The van der Waals surface area contributed by atoms with E-state index in [4.69, 9.17) is 9.84 Å².